The van der Waals surface area contributed by atoms with Crippen LogP contribution in [0.1, 0.15) is 12.8 Å². The monoisotopic (exact) mass is 185 g/mol. The molecule has 6 heteroatoms. The van der Waals surface area contributed by atoms with Gasteiger partial charge in [-0.15, -0.1) is 5.10 Å². The van der Waals surface area contributed by atoms with E-state index in [-0.39, 0.29) is 11.9 Å². The number of aryl methyl sites for hydroxylation is 1. The highest BCUT2D eigenvalue weighted by molar-refractivity contribution is 5.91. The Balaban J connectivity index is 2.54. The van der Waals surface area contributed by atoms with Crippen LogP contribution >= 0.6 is 0 Å². The molecule has 1 unspecified atom stereocenters. The van der Waals surface area contributed by atoms with Crippen LogP contribution < -0.4 is 5.32 Å². The summed E-state index contributed by atoms with van der Waals surface area (Å²) in [4.78, 5) is 11.2. The number of hydrogen-bond donors (Lipinski definition) is 1. The number of rotatable bonds is 3. The first kappa shape index (κ1) is 9.66. The van der Waals surface area contributed by atoms with Crippen molar-refractivity contribution in [1.29, 1.82) is 0 Å². The third kappa shape index (κ3) is 2.51. The number of hydrogen-bond acceptors (Lipinski definition) is 5. The van der Waals surface area contributed by atoms with Crippen molar-refractivity contribution in [2.45, 2.75) is 20.0 Å². The van der Waals surface area contributed by atoms with E-state index in [4.69, 9.17) is 9.15 Å². The Bertz CT molecular complexity index is 297. The van der Waals surface area contributed by atoms with Gasteiger partial charge >= 0.3 is 6.01 Å². The second-order valence-corrected chi connectivity index (χ2v) is 2.49. The van der Waals surface area contributed by atoms with E-state index in [2.05, 4.69) is 15.5 Å². The zero-order valence-electron chi connectivity index (χ0n) is 7.70. The van der Waals surface area contributed by atoms with E-state index in [1.54, 1.807) is 13.8 Å². The Hall–Kier alpha value is -1.43. The Kier molecular flexibility index (Phi) is 2.97. The van der Waals surface area contributed by atoms with Crippen molar-refractivity contribution in [3.63, 3.8) is 0 Å². The molecule has 1 atom stereocenters. The van der Waals surface area contributed by atoms with Gasteiger partial charge in [0.15, 0.2) is 0 Å². The molecule has 0 spiro atoms. The fourth-order valence-corrected chi connectivity index (χ4v) is 0.661. The van der Waals surface area contributed by atoms with Gasteiger partial charge in [0, 0.05) is 14.0 Å². The highest BCUT2D eigenvalue weighted by atomic mass is 16.5. The molecular weight excluding hydrogens is 174 g/mol. The molecule has 0 aliphatic heterocycles. The molecule has 0 saturated carbocycles. The van der Waals surface area contributed by atoms with E-state index in [1.807, 2.05) is 0 Å². The van der Waals surface area contributed by atoms with Gasteiger partial charge in [0.1, 0.15) is 6.10 Å². The number of carbonyl (C=O) groups is 1. The molecule has 0 aromatic carbocycles. The number of amides is 1. The van der Waals surface area contributed by atoms with Crippen molar-refractivity contribution < 1.29 is 13.9 Å². The third-order valence-electron chi connectivity index (χ3n) is 1.48. The van der Waals surface area contributed by atoms with Crippen LogP contribution in [-0.2, 0) is 9.53 Å². The average Bonchev–Trinajstić information content (AvgIpc) is 2.49. The molecule has 0 saturated heterocycles. The minimum absolute atomic E-state index is 0.0893. The number of nitrogens with one attached hydrogen (secondary N) is 1. The van der Waals surface area contributed by atoms with Gasteiger partial charge in [0.25, 0.3) is 5.91 Å². The minimum atomic E-state index is -0.535. The lowest BCUT2D eigenvalue weighted by atomic mass is 10.4. The summed E-state index contributed by atoms with van der Waals surface area (Å²) in [7, 11) is 1.45. The number of methoxy groups -OCH3 is 1. The second kappa shape index (κ2) is 3.99. The fourth-order valence-electron chi connectivity index (χ4n) is 0.661. The summed E-state index contributed by atoms with van der Waals surface area (Å²) >= 11 is 0. The van der Waals surface area contributed by atoms with Crippen LogP contribution in [-0.4, -0.2) is 29.3 Å². The lowest BCUT2D eigenvalue weighted by molar-refractivity contribution is -0.124. The first-order chi connectivity index (χ1) is 6.13. The zero-order valence-corrected chi connectivity index (χ0v) is 7.70. The second-order valence-electron chi connectivity index (χ2n) is 2.49. The van der Waals surface area contributed by atoms with Gasteiger partial charge in [-0.3, -0.25) is 10.1 Å². The van der Waals surface area contributed by atoms with Crippen molar-refractivity contribution in [2.24, 2.45) is 0 Å². The van der Waals surface area contributed by atoms with Crippen LogP contribution in [0.25, 0.3) is 0 Å². The van der Waals surface area contributed by atoms with Crippen molar-refractivity contribution in [3.05, 3.63) is 5.89 Å². The van der Waals surface area contributed by atoms with Crippen LogP contribution in [0.15, 0.2) is 4.42 Å². The predicted molar refractivity (Wildman–Crippen MR) is 44.1 cm³/mol. The maximum Gasteiger partial charge on any atom is 0.322 e. The molecule has 1 N–H and O–H groups in total. The smallest absolute Gasteiger partial charge is 0.322 e. The van der Waals surface area contributed by atoms with Gasteiger partial charge in [-0.05, 0) is 6.92 Å². The van der Waals surface area contributed by atoms with Crippen molar-refractivity contribution in [1.82, 2.24) is 10.2 Å². The van der Waals surface area contributed by atoms with Crippen LogP contribution in [0, 0.1) is 6.92 Å². The predicted octanol–water partition coefficient (Wildman–Crippen LogP) is 0.351. The number of anilines is 1. The van der Waals surface area contributed by atoms with Gasteiger partial charge in [-0.1, -0.05) is 5.10 Å². The van der Waals surface area contributed by atoms with Crippen LogP contribution in [0.2, 0.25) is 0 Å². The topological polar surface area (TPSA) is 77.2 Å². The molecule has 6 nitrogen and oxygen atoms in total. The summed E-state index contributed by atoms with van der Waals surface area (Å²) < 4.78 is 9.73. The summed E-state index contributed by atoms with van der Waals surface area (Å²) in [5.74, 6) is 0.0894. The Morgan fingerprint density at radius 1 is 1.62 bits per heavy atom. The van der Waals surface area contributed by atoms with Gasteiger partial charge < -0.3 is 9.15 Å². The molecule has 0 bridgehead atoms. The number of ether oxygens (including phenoxy) is 1. The summed E-state index contributed by atoms with van der Waals surface area (Å²) in [6.07, 6.45) is -0.535. The Labute approximate surface area is 75.3 Å². The first-order valence-corrected chi connectivity index (χ1v) is 3.77. The SMILES string of the molecule is COC(C)C(=O)Nc1nnc(C)o1. The number of carbonyl (C=O) groups excluding carboxylic acids is 1. The molecule has 1 aromatic heterocycles. The summed E-state index contributed by atoms with van der Waals surface area (Å²) in [6, 6.07) is 0.0893. The average molecular weight is 185 g/mol. The molecule has 72 valence electrons. The highest BCUT2D eigenvalue weighted by Crippen LogP contribution is 2.04. The number of nitrogens with zero attached hydrogens (tertiary/aromatic N) is 2. The van der Waals surface area contributed by atoms with Crippen molar-refractivity contribution in [2.75, 3.05) is 12.4 Å². The van der Waals surface area contributed by atoms with E-state index in [0.29, 0.717) is 5.89 Å². The van der Waals surface area contributed by atoms with E-state index < -0.39 is 6.10 Å². The molecule has 1 amide bonds. The maximum atomic E-state index is 11.2. The van der Waals surface area contributed by atoms with E-state index in [9.17, 15) is 4.79 Å². The molecule has 1 rings (SSSR count). The summed E-state index contributed by atoms with van der Waals surface area (Å²) in [6.45, 7) is 3.26. The minimum Gasteiger partial charge on any atom is -0.408 e. The largest absolute Gasteiger partial charge is 0.408 e. The molecule has 1 aromatic rings. The molecule has 13 heavy (non-hydrogen) atoms. The zero-order chi connectivity index (χ0) is 9.84. The lowest BCUT2D eigenvalue weighted by Gasteiger charge is -2.06. The van der Waals surface area contributed by atoms with Crippen LogP contribution in [0.5, 0.6) is 0 Å². The van der Waals surface area contributed by atoms with Crippen molar-refractivity contribution >= 4 is 11.9 Å². The molecule has 0 aliphatic carbocycles. The standard InChI is InChI=1S/C7H11N3O3/c1-4(12-3)6(11)8-7-10-9-5(2)13-7/h4H,1-3H3,(H,8,10,11). The Morgan fingerprint density at radius 2 is 2.31 bits per heavy atom. The fraction of sp³-hybridized carbons (Fsp3) is 0.571. The summed E-state index contributed by atoms with van der Waals surface area (Å²) in [5.41, 5.74) is 0. The number of aromatic nitrogens is 2. The summed E-state index contributed by atoms with van der Waals surface area (Å²) in [5, 5.41) is 9.56. The Morgan fingerprint density at radius 3 is 2.77 bits per heavy atom. The molecule has 0 aliphatic rings. The van der Waals surface area contributed by atoms with Gasteiger partial charge in [0.2, 0.25) is 5.89 Å². The third-order valence-corrected chi connectivity index (χ3v) is 1.48. The molecule has 1 heterocycles. The van der Waals surface area contributed by atoms with Crippen LogP contribution in [0.4, 0.5) is 6.01 Å². The highest BCUT2D eigenvalue weighted by Gasteiger charge is 2.14. The van der Waals surface area contributed by atoms with Crippen molar-refractivity contribution in [3.8, 4) is 0 Å². The molecule has 0 fully saturated rings. The normalized spacial score (nSPS) is 12.5. The maximum absolute atomic E-state index is 11.2. The lowest BCUT2D eigenvalue weighted by Crippen LogP contribution is -2.26. The van der Waals surface area contributed by atoms with E-state index in [0.717, 1.165) is 0 Å². The van der Waals surface area contributed by atoms with Gasteiger partial charge in [-0.25, -0.2) is 0 Å². The van der Waals surface area contributed by atoms with E-state index >= 15 is 0 Å². The quantitative estimate of drug-likeness (QED) is 0.735. The molecular formula is C7H11N3O3. The van der Waals surface area contributed by atoms with Gasteiger partial charge in [0.05, 0.1) is 0 Å². The first-order valence-electron chi connectivity index (χ1n) is 3.77. The van der Waals surface area contributed by atoms with Gasteiger partial charge in [-0.2, -0.15) is 0 Å². The van der Waals surface area contributed by atoms with Crippen LogP contribution in [0.3, 0.4) is 0 Å². The van der Waals surface area contributed by atoms with E-state index in [1.165, 1.54) is 7.11 Å². The molecule has 0 radical (unpaired) electrons.